The van der Waals surface area contributed by atoms with Gasteiger partial charge in [-0.05, 0) is 17.6 Å². The zero-order valence-electron chi connectivity index (χ0n) is 6.46. The quantitative estimate of drug-likeness (QED) is 0.571. The van der Waals surface area contributed by atoms with Gasteiger partial charge in [0, 0.05) is 0 Å². The summed E-state index contributed by atoms with van der Waals surface area (Å²) in [6, 6.07) is 10.1. The van der Waals surface area contributed by atoms with Gasteiger partial charge in [0.25, 0.3) is 0 Å². The molecule has 0 aromatic heterocycles. The van der Waals surface area contributed by atoms with Crippen molar-refractivity contribution in [1.82, 2.24) is 0 Å². The van der Waals surface area contributed by atoms with Gasteiger partial charge in [-0.2, -0.15) is 0 Å². The second-order valence-corrected chi connectivity index (χ2v) is 2.44. The van der Waals surface area contributed by atoms with E-state index < -0.39 is 0 Å². The lowest BCUT2D eigenvalue weighted by atomic mass is 10.1. The maximum Gasteiger partial charge on any atom is -0.00260 e. The standard InChI is InChI=1S/C11H11/c1-3-10(2)9-11-7-5-4-6-8-11/h2-8H,1,9H2. The first-order valence-electron chi connectivity index (χ1n) is 3.60. The summed E-state index contributed by atoms with van der Waals surface area (Å²) < 4.78 is 0. The lowest BCUT2D eigenvalue weighted by molar-refractivity contribution is 1.20. The third-order valence-electron chi connectivity index (χ3n) is 1.51. The third-order valence-corrected chi connectivity index (χ3v) is 1.51. The summed E-state index contributed by atoms with van der Waals surface area (Å²) in [4.78, 5) is 0. The number of rotatable bonds is 3. The summed E-state index contributed by atoms with van der Waals surface area (Å²) in [5, 5.41) is 0. The molecule has 0 aliphatic rings. The van der Waals surface area contributed by atoms with Crippen molar-refractivity contribution in [2.24, 2.45) is 0 Å². The molecule has 0 unspecified atom stereocenters. The molecule has 0 spiro atoms. The van der Waals surface area contributed by atoms with Crippen LogP contribution in [0.5, 0.6) is 0 Å². The van der Waals surface area contributed by atoms with E-state index in [0.717, 1.165) is 12.0 Å². The monoisotopic (exact) mass is 143 g/mol. The van der Waals surface area contributed by atoms with Crippen molar-refractivity contribution < 1.29 is 0 Å². The van der Waals surface area contributed by atoms with Gasteiger partial charge in [0.1, 0.15) is 0 Å². The summed E-state index contributed by atoms with van der Waals surface area (Å²) in [7, 11) is 0. The minimum atomic E-state index is 0.796. The van der Waals surface area contributed by atoms with Crippen LogP contribution < -0.4 is 0 Å². The number of benzene rings is 1. The fourth-order valence-corrected chi connectivity index (χ4v) is 0.904. The average Bonchev–Trinajstić information content (AvgIpc) is 2.06. The van der Waals surface area contributed by atoms with Gasteiger partial charge >= 0.3 is 0 Å². The Morgan fingerprint density at radius 1 is 1.36 bits per heavy atom. The average molecular weight is 143 g/mol. The number of allylic oxidation sites excluding steroid dienone is 2. The molecule has 0 N–H and O–H groups in total. The van der Waals surface area contributed by atoms with Crippen molar-refractivity contribution in [3.8, 4) is 0 Å². The smallest absolute Gasteiger partial charge is 0.00260 e. The Bertz CT molecular complexity index is 244. The van der Waals surface area contributed by atoms with Crippen LogP contribution in [0, 0.1) is 6.58 Å². The Kier molecular flexibility index (Phi) is 2.67. The SMILES string of the molecule is [CH]=C(C=C)Cc1ccccc1. The third kappa shape index (κ3) is 2.42. The number of hydrogen-bond acceptors (Lipinski definition) is 0. The normalized spacial score (nSPS) is 9.09. The van der Waals surface area contributed by atoms with Crippen molar-refractivity contribution in [2.75, 3.05) is 0 Å². The maximum atomic E-state index is 5.60. The van der Waals surface area contributed by atoms with E-state index in [1.54, 1.807) is 6.08 Å². The van der Waals surface area contributed by atoms with Crippen LogP contribution in [0.2, 0.25) is 0 Å². The number of hydrogen-bond donors (Lipinski definition) is 0. The van der Waals surface area contributed by atoms with Crippen LogP contribution in [-0.2, 0) is 6.42 Å². The minimum absolute atomic E-state index is 0.796. The maximum absolute atomic E-state index is 5.60. The van der Waals surface area contributed by atoms with E-state index in [4.69, 9.17) is 6.58 Å². The molecule has 0 saturated heterocycles. The predicted molar refractivity (Wildman–Crippen MR) is 48.2 cm³/mol. The molecule has 1 rings (SSSR count). The highest BCUT2D eigenvalue weighted by Crippen LogP contribution is 2.05. The lowest BCUT2D eigenvalue weighted by Gasteiger charge is -1.98. The second-order valence-electron chi connectivity index (χ2n) is 2.44. The van der Waals surface area contributed by atoms with E-state index in [9.17, 15) is 0 Å². The Hall–Kier alpha value is -1.30. The van der Waals surface area contributed by atoms with Crippen molar-refractivity contribution >= 4 is 0 Å². The summed E-state index contributed by atoms with van der Waals surface area (Å²) in [6.07, 6.45) is 2.48. The van der Waals surface area contributed by atoms with Crippen LogP contribution >= 0.6 is 0 Å². The largest absolute Gasteiger partial charge is 0.0988 e. The van der Waals surface area contributed by atoms with E-state index in [1.807, 2.05) is 18.2 Å². The fraction of sp³-hybridized carbons (Fsp3) is 0.0909. The molecular weight excluding hydrogens is 132 g/mol. The molecule has 11 heavy (non-hydrogen) atoms. The van der Waals surface area contributed by atoms with E-state index >= 15 is 0 Å². The molecule has 0 nitrogen and oxygen atoms in total. The van der Waals surface area contributed by atoms with E-state index in [-0.39, 0.29) is 0 Å². The molecule has 0 heteroatoms. The van der Waals surface area contributed by atoms with Crippen molar-refractivity contribution in [3.05, 3.63) is 60.7 Å². The first-order chi connectivity index (χ1) is 5.33. The van der Waals surface area contributed by atoms with Crippen LogP contribution in [0.3, 0.4) is 0 Å². The molecule has 0 aliphatic heterocycles. The molecule has 0 heterocycles. The lowest BCUT2D eigenvalue weighted by Crippen LogP contribution is -1.84. The van der Waals surface area contributed by atoms with Gasteiger partial charge in [0.15, 0.2) is 0 Å². The molecular formula is C11H11. The summed E-state index contributed by atoms with van der Waals surface area (Å²) in [5.74, 6) is 0. The van der Waals surface area contributed by atoms with Crippen LogP contribution in [0.25, 0.3) is 0 Å². The first-order valence-corrected chi connectivity index (χ1v) is 3.60. The van der Waals surface area contributed by atoms with Crippen molar-refractivity contribution in [3.63, 3.8) is 0 Å². The molecule has 1 aromatic rings. The minimum Gasteiger partial charge on any atom is -0.0988 e. The van der Waals surface area contributed by atoms with Gasteiger partial charge in [0.2, 0.25) is 0 Å². The molecule has 0 amide bonds. The Labute approximate surface area is 67.9 Å². The van der Waals surface area contributed by atoms with Crippen molar-refractivity contribution in [1.29, 1.82) is 0 Å². The topological polar surface area (TPSA) is 0 Å². The summed E-state index contributed by atoms with van der Waals surface area (Å²) >= 11 is 0. The van der Waals surface area contributed by atoms with E-state index in [0.29, 0.717) is 0 Å². The van der Waals surface area contributed by atoms with Gasteiger partial charge in [0.05, 0.1) is 0 Å². The molecule has 1 radical (unpaired) electrons. The van der Waals surface area contributed by atoms with Gasteiger partial charge < -0.3 is 0 Å². The zero-order valence-corrected chi connectivity index (χ0v) is 6.46. The molecule has 55 valence electrons. The highest BCUT2D eigenvalue weighted by atomic mass is 14.0. The summed E-state index contributed by atoms with van der Waals surface area (Å²) in [6.45, 7) is 9.20. The molecule has 0 fully saturated rings. The highest BCUT2D eigenvalue weighted by Gasteiger charge is 1.90. The van der Waals surface area contributed by atoms with Gasteiger partial charge in [-0.1, -0.05) is 49.6 Å². The van der Waals surface area contributed by atoms with E-state index in [2.05, 4.69) is 18.7 Å². The molecule has 0 bridgehead atoms. The molecule has 0 saturated carbocycles. The zero-order chi connectivity index (χ0) is 8.10. The van der Waals surface area contributed by atoms with E-state index in [1.165, 1.54) is 5.56 Å². The molecule has 0 atom stereocenters. The van der Waals surface area contributed by atoms with Crippen LogP contribution in [-0.4, -0.2) is 0 Å². The fourth-order valence-electron chi connectivity index (χ4n) is 0.904. The van der Waals surface area contributed by atoms with Gasteiger partial charge in [-0.15, -0.1) is 0 Å². The van der Waals surface area contributed by atoms with Gasteiger partial charge in [-0.25, -0.2) is 0 Å². The van der Waals surface area contributed by atoms with Crippen molar-refractivity contribution in [2.45, 2.75) is 6.42 Å². The predicted octanol–water partition coefficient (Wildman–Crippen LogP) is 2.77. The Morgan fingerprint density at radius 3 is 2.55 bits per heavy atom. The van der Waals surface area contributed by atoms with Crippen LogP contribution in [0.15, 0.2) is 48.6 Å². The second kappa shape index (κ2) is 3.77. The molecule has 1 aromatic carbocycles. The first kappa shape index (κ1) is 7.80. The Morgan fingerprint density at radius 2 is 2.00 bits per heavy atom. The van der Waals surface area contributed by atoms with Gasteiger partial charge in [-0.3, -0.25) is 0 Å². The van der Waals surface area contributed by atoms with Crippen LogP contribution in [0.4, 0.5) is 0 Å². The summed E-state index contributed by atoms with van der Waals surface area (Å²) in [5.41, 5.74) is 2.04. The molecule has 0 aliphatic carbocycles. The highest BCUT2D eigenvalue weighted by molar-refractivity contribution is 5.24. The Balaban J connectivity index is 2.65. The van der Waals surface area contributed by atoms with Crippen LogP contribution in [0.1, 0.15) is 5.56 Å².